The Bertz CT molecular complexity index is 858. The number of carboxylic acid groups (broad SMARTS) is 1. The van der Waals surface area contributed by atoms with Gasteiger partial charge in [-0.25, -0.2) is 4.79 Å². The van der Waals surface area contributed by atoms with Crippen LogP contribution in [0, 0.1) is 0 Å². The van der Waals surface area contributed by atoms with Crippen LogP contribution in [0.25, 0.3) is 10.9 Å². The second-order valence-electron chi connectivity index (χ2n) is 4.97. The molecule has 0 radical (unpaired) electrons. The number of para-hydroxylation sites is 1. The lowest BCUT2D eigenvalue weighted by Crippen LogP contribution is -2.33. The molecule has 9 heteroatoms. The van der Waals surface area contributed by atoms with Gasteiger partial charge in [-0.05, 0) is 12.1 Å². The van der Waals surface area contributed by atoms with Gasteiger partial charge in [-0.2, -0.15) is 0 Å². The molecule has 1 aromatic carbocycles. The van der Waals surface area contributed by atoms with Crippen LogP contribution in [0.2, 0.25) is 0 Å². The topological polar surface area (TPSA) is 121 Å². The van der Waals surface area contributed by atoms with E-state index in [-0.39, 0.29) is 24.6 Å². The van der Waals surface area contributed by atoms with E-state index < -0.39 is 17.2 Å². The van der Waals surface area contributed by atoms with Crippen LogP contribution in [0.3, 0.4) is 0 Å². The number of aromatic amines is 1. The van der Waals surface area contributed by atoms with Crippen molar-refractivity contribution in [2.75, 3.05) is 18.1 Å². The highest BCUT2D eigenvalue weighted by Gasteiger charge is 2.08. The first-order valence-electron chi connectivity index (χ1n) is 7.27. The molecule has 0 atom stereocenters. The number of aliphatic carboxylic acids is 1. The number of amides is 1. The lowest BCUT2D eigenvalue weighted by molar-refractivity contribution is -0.133. The average Bonchev–Trinajstić information content (AvgIpc) is 2.54. The number of nitrogens with zero attached hydrogens (tertiary/aromatic N) is 1. The molecule has 1 amide bonds. The molecule has 2 aromatic rings. The van der Waals surface area contributed by atoms with Crippen molar-refractivity contribution in [3.8, 4) is 0 Å². The normalized spacial score (nSPS) is 10.7. The molecule has 128 valence electrons. The summed E-state index contributed by atoms with van der Waals surface area (Å²) in [5, 5.41) is 11.6. The van der Waals surface area contributed by atoms with Crippen molar-refractivity contribution in [3.05, 3.63) is 45.1 Å². The molecule has 0 bridgehead atoms. The number of hydrogen-bond acceptors (Lipinski definition) is 5. The molecule has 0 aliphatic carbocycles. The summed E-state index contributed by atoms with van der Waals surface area (Å²) < 4.78 is 1.36. The fraction of sp³-hybridized carbons (Fsp3) is 0.333. The summed E-state index contributed by atoms with van der Waals surface area (Å²) in [6.07, 6.45) is 0.0829. The number of hydrogen-bond donors (Lipinski definition) is 3. The highest BCUT2D eigenvalue weighted by atomic mass is 32.2. The number of carbonyl (C=O) groups excluding carboxylic acids is 1. The maximum absolute atomic E-state index is 11.9. The summed E-state index contributed by atoms with van der Waals surface area (Å²) in [6, 6.07) is 6.70. The van der Waals surface area contributed by atoms with Crippen molar-refractivity contribution in [1.29, 1.82) is 0 Å². The molecule has 8 nitrogen and oxygen atoms in total. The molecule has 1 aromatic heterocycles. The Labute approximate surface area is 140 Å². The van der Waals surface area contributed by atoms with Gasteiger partial charge in [0.05, 0.1) is 16.7 Å². The molecular formula is C15H17N3O5S. The van der Waals surface area contributed by atoms with Gasteiger partial charge in [0.15, 0.2) is 0 Å². The number of aromatic nitrogens is 2. The summed E-state index contributed by atoms with van der Waals surface area (Å²) in [7, 11) is 0. The van der Waals surface area contributed by atoms with Crippen LogP contribution in [-0.2, 0) is 16.1 Å². The molecule has 24 heavy (non-hydrogen) atoms. The van der Waals surface area contributed by atoms with Crippen molar-refractivity contribution in [3.63, 3.8) is 0 Å². The van der Waals surface area contributed by atoms with Gasteiger partial charge in [0.1, 0.15) is 0 Å². The van der Waals surface area contributed by atoms with Gasteiger partial charge in [0.2, 0.25) is 5.91 Å². The van der Waals surface area contributed by atoms with Crippen LogP contribution in [0.5, 0.6) is 0 Å². The van der Waals surface area contributed by atoms with Crippen molar-refractivity contribution in [2.24, 2.45) is 0 Å². The maximum Gasteiger partial charge on any atom is 0.328 e. The van der Waals surface area contributed by atoms with Crippen LogP contribution in [0.4, 0.5) is 0 Å². The Morgan fingerprint density at radius 1 is 1.25 bits per heavy atom. The zero-order valence-corrected chi connectivity index (χ0v) is 13.6. The Morgan fingerprint density at radius 3 is 2.75 bits per heavy atom. The molecule has 0 spiro atoms. The molecule has 0 saturated carbocycles. The highest BCUT2D eigenvalue weighted by Crippen LogP contribution is 2.07. The van der Waals surface area contributed by atoms with Gasteiger partial charge in [0.25, 0.3) is 5.56 Å². The van der Waals surface area contributed by atoms with Gasteiger partial charge in [0, 0.05) is 25.3 Å². The number of benzene rings is 1. The lowest BCUT2D eigenvalue weighted by atomic mass is 10.2. The standard InChI is InChI=1S/C15H17N3O5S/c19-12(16-6-8-24-9-13(20)21)5-7-18-11-4-2-1-3-10(11)14(22)17-15(18)23/h1-4H,5-9H2,(H,16,19)(H,20,21)(H,17,22,23). The van der Waals surface area contributed by atoms with E-state index in [4.69, 9.17) is 5.11 Å². The molecule has 3 N–H and O–H groups in total. The minimum Gasteiger partial charge on any atom is -0.481 e. The monoisotopic (exact) mass is 351 g/mol. The quantitative estimate of drug-likeness (QED) is 0.576. The Kier molecular flexibility index (Phi) is 6.19. The third-order valence-corrected chi connectivity index (χ3v) is 4.21. The van der Waals surface area contributed by atoms with E-state index in [2.05, 4.69) is 10.3 Å². The van der Waals surface area contributed by atoms with Crippen LogP contribution < -0.4 is 16.6 Å². The number of rotatable bonds is 8. The van der Waals surface area contributed by atoms with Crippen molar-refractivity contribution in [1.82, 2.24) is 14.9 Å². The SMILES string of the molecule is O=C(O)CSCCNC(=O)CCn1c(=O)[nH]c(=O)c2ccccc21. The van der Waals surface area contributed by atoms with E-state index in [1.54, 1.807) is 24.3 Å². The van der Waals surface area contributed by atoms with Gasteiger partial charge < -0.3 is 10.4 Å². The number of H-pyrrole nitrogens is 1. The molecule has 0 aliphatic heterocycles. The fourth-order valence-corrected chi connectivity index (χ4v) is 2.75. The van der Waals surface area contributed by atoms with Crippen molar-refractivity contribution >= 4 is 34.5 Å². The number of carbonyl (C=O) groups is 2. The minimum atomic E-state index is -0.893. The van der Waals surface area contributed by atoms with Gasteiger partial charge in [-0.1, -0.05) is 12.1 Å². The Hall–Kier alpha value is -2.55. The number of aryl methyl sites for hydroxylation is 1. The number of nitrogens with one attached hydrogen (secondary N) is 2. The molecule has 0 aliphatic rings. The third kappa shape index (κ3) is 4.72. The van der Waals surface area contributed by atoms with Crippen LogP contribution >= 0.6 is 11.8 Å². The summed E-state index contributed by atoms with van der Waals surface area (Å²) in [4.78, 5) is 48.1. The van der Waals surface area contributed by atoms with E-state index in [9.17, 15) is 19.2 Å². The minimum absolute atomic E-state index is 0.00533. The van der Waals surface area contributed by atoms with Gasteiger partial charge >= 0.3 is 11.7 Å². The second-order valence-corrected chi connectivity index (χ2v) is 6.08. The van der Waals surface area contributed by atoms with Crippen LogP contribution in [0.1, 0.15) is 6.42 Å². The summed E-state index contributed by atoms with van der Waals surface area (Å²) in [5.74, 6) is -0.641. The zero-order chi connectivity index (χ0) is 17.5. The smallest absolute Gasteiger partial charge is 0.328 e. The fourth-order valence-electron chi connectivity index (χ4n) is 2.19. The number of fused-ring (bicyclic) bond motifs is 1. The summed E-state index contributed by atoms with van der Waals surface area (Å²) in [6.45, 7) is 0.502. The van der Waals surface area contributed by atoms with E-state index in [0.29, 0.717) is 23.2 Å². The largest absolute Gasteiger partial charge is 0.481 e. The average molecular weight is 351 g/mol. The number of carboxylic acids is 1. The van der Waals surface area contributed by atoms with Crippen LogP contribution in [-0.4, -0.2) is 44.6 Å². The first-order valence-corrected chi connectivity index (χ1v) is 8.42. The van der Waals surface area contributed by atoms with Gasteiger partial charge in [-0.3, -0.25) is 23.9 Å². The van der Waals surface area contributed by atoms with E-state index >= 15 is 0 Å². The predicted molar refractivity (Wildman–Crippen MR) is 91.4 cm³/mol. The lowest BCUT2D eigenvalue weighted by Gasteiger charge is -2.09. The van der Waals surface area contributed by atoms with Crippen molar-refractivity contribution < 1.29 is 14.7 Å². The zero-order valence-electron chi connectivity index (χ0n) is 12.8. The predicted octanol–water partition coefficient (Wildman–Crippen LogP) is 0.0139. The molecule has 0 fully saturated rings. The summed E-state index contributed by atoms with van der Waals surface area (Å²) in [5.41, 5.74) is -0.522. The van der Waals surface area contributed by atoms with E-state index in [0.717, 1.165) is 0 Å². The van der Waals surface area contributed by atoms with Crippen LogP contribution in [0.15, 0.2) is 33.9 Å². The molecular weight excluding hydrogens is 334 g/mol. The van der Waals surface area contributed by atoms with Gasteiger partial charge in [-0.15, -0.1) is 11.8 Å². The van der Waals surface area contributed by atoms with E-state index in [1.165, 1.54) is 16.3 Å². The summed E-state index contributed by atoms with van der Waals surface area (Å²) >= 11 is 1.21. The molecule has 0 saturated heterocycles. The number of thioether (sulfide) groups is 1. The molecule has 1 heterocycles. The Morgan fingerprint density at radius 2 is 2.00 bits per heavy atom. The highest BCUT2D eigenvalue weighted by molar-refractivity contribution is 7.99. The second kappa shape index (κ2) is 8.34. The van der Waals surface area contributed by atoms with Crippen molar-refractivity contribution in [2.45, 2.75) is 13.0 Å². The first kappa shape index (κ1) is 17.8. The molecule has 0 unspecified atom stereocenters. The van der Waals surface area contributed by atoms with E-state index in [1.807, 2.05) is 0 Å². The maximum atomic E-state index is 11.9. The molecule has 2 rings (SSSR count). The Balaban J connectivity index is 1.94. The third-order valence-electron chi connectivity index (χ3n) is 3.26. The first-order chi connectivity index (χ1) is 11.5.